The van der Waals surface area contributed by atoms with Crippen molar-refractivity contribution in [2.45, 2.75) is 64.8 Å². The molecule has 0 aliphatic heterocycles. The zero-order valence-electron chi connectivity index (χ0n) is 12.6. The molecule has 1 fully saturated rings. The summed E-state index contributed by atoms with van der Waals surface area (Å²) >= 11 is -1.10. The van der Waals surface area contributed by atoms with Crippen LogP contribution in [0.25, 0.3) is 0 Å². The lowest BCUT2D eigenvalue weighted by atomic mass is 9.56. The summed E-state index contributed by atoms with van der Waals surface area (Å²) in [6.45, 7) is 11.9. The van der Waals surface area contributed by atoms with Crippen LogP contribution in [0.5, 0.6) is 0 Å². The summed E-state index contributed by atoms with van der Waals surface area (Å²) in [6.07, 6.45) is -0.190. The Kier molecular flexibility index (Phi) is 4.80. The Balaban J connectivity index is 2.57. The van der Waals surface area contributed by atoms with E-state index < -0.39 is 17.5 Å². The van der Waals surface area contributed by atoms with Gasteiger partial charge in [0.05, 0.1) is 6.04 Å². The predicted octanol–water partition coefficient (Wildman–Crippen LogP) is 2.11. The normalized spacial score (nSPS) is 29.2. The number of rotatable bonds is 4. The van der Waals surface area contributed by atoms with Gasteiger partial charge in [0.2, 0.25) is 0 Å². The Morgan fingerprint density at radius 2 is 2.00 bits per heavy atom. The zero-order valence-corrected chi connectivity index (χ0v) is 13.4. The van der Waals surface area contributed by atoms with Crippen molar-refractivity contribution in [1.29, 1.82) is 0 Å². The average Bonchev–Trinajstić information content (AvgIpc) is 2.21. The van der Waals surface area contributed by atoms with Gasteiger partial charge < -0.3 is 15.0 Å². The summed E-state index contributed by atoms with van der Waals surface area (Å²) in [4.78, 5) is 10.7. The standard InChI is InChI=1S/C13H26N2O3S/c1-8(15-19(18)12(2,3)4)9-7-10(13(9,5)6)14-11(16)17/h8-10,14-15H,7H2,1-6H3,(H,16,17)/t8?,9-,10-,19?/m1/s1. The highest BCUT2D eigenvalue weighted by atomic mass is 32.2. The number of nitrogens with one attached hydrogen (secondary N) is 2. The lowest BCUT2D eigenvalue weighted by Gasteiger charge is -2.54. The van der Waals surface area contributed by atoms with E-state index in [9.17, 15) is 9.35 Å². The first-order valence-electron chi connectivity index (χ1n) is 6.63. The van der Waals surface area contributed by atoms with Crippen LogP contribution in [0.2, 0.25) is 0 Å². The molecule has 0 bridgehead atoms. The lowest BCUT2D eigenvalue weighted by molar-refractivity contribution is -0.000692. The molecule has 0 radical (unpaired) electrons. The van der Waals surface area contributed by atoms with Crippen molar-refractivity contribution in [2.24, 2.45) is 11.3 Å². The minimum Gasteiger partial charge on any atom is -0.598 e. The molecule has 1 aliphatic carbocycles. The molecule has 1 rings (SSSR count). The fourth-order valence-electron chi connectivity index (χ4n) is 2.63. The van der Waals surface area contributed by atoms with E-state index >= 15 is 0 Å². The quantitative estimate of drug-likeness (QED) is 0.692. The number of amides is 1. The number of hydrogen-bond donors (Lipinski definition) is 3. The van der Waals surface area contributed by atoms with Crippen LogP contribution in [0.15, 0.2) is 0 Å². The highest BCUT2D eigenvalue weighted by Gasteiger charge is 2.52. The average molecular weight is 290 g/mol. The first kappa shape index (κ1) is 16.6. The maximum Gasteiger partial charge on any atom is 0.404 e. The van der Waals surface area contributed by atoms with Crippen LogP contribution in [0.1, 0.15) is 48.0 Å². The van der Waals surface area contributed by atoms with Crippen molar-refractivity contribution >= 4 is 17.5 Å². The van der Waals surface area contributed by atoms with E-state index in [4.69, 9.17) is 5.11 Å². The molecule has 0 spiro atoms. The molecular formula is C13H26N2O3S. The van der Waals surface area contributed by atoms with E-state index in [1.807, 2.05) is 27.7 Å². The van der Waals surface area contributed by atoms with Crippen LogP contribution < -0.4 is 10.0 Å². The van der Waals surface area contributed by atoms with E-state index in [1.54, 1.807) is 0 Å². The third kappa shape index (κ3) is 3.77. The molecule has 1 amide bonds. The van der Waals surface area contributed by atoms with Crippen molar-refractivity contribution in [3.05, 3.63) is 0 Å². The second kappa shape index (κ2) is 5.50. The fourth-order valence-corrected chi connectivity index (χ4v) is 3.49. The molecule has 1 aliphatic rings. The molecule has 0 aromatic carbocycles. The largest absolute Gasteiger partial charge is 0.598 e. The van der Waals surface area contributed by atoms with Gasteiger partial charge in [-0.05, 0) is 45.4 Å². The Labute approximate surface area is 118 Å². The van der Waals surface area contributed by atoms with E-state index in [-0.39, 0.29) is 22.2 Å². The zero-order chi connectivity index (χ0) is 15.0. The molecule has 3 N–H and O–H groups in total. The highest BCUT2D eigenvalue weighted by molar-refractivity contribution is 7.90. The van der Waals surface area contributed by atoms with E-state index in [1.165, 1.54) is 0 Å². The van der Waals surface area contributed by atoms with Gasteiger partial charge in [-0.2, -0.15) is 0 Å². The summed E-state index contributed by atoms with van der Waals surface area (Å²) in [7, 11) is 0. The monoisotopic (exact) mass is 290 g/mol. The van der Waals surface area contributed by atoms with Gasteiger partial charge in [0.25, 0.3) is 0 Å². The maximum atomic E-state index is 12.1. The van der Waals surface area contributed by atoms with Gasteiger partial charge in [0.1, 0.15) is 4.75 Å². The third-order valence-corrected chi connectivity index (χ3v) is 5.79. The number of hydrogen-bond acceptors (Lipinski definition) is 3. The second-order valence-corrected chi connectivity index (χ2v) is 8.95. The van der Waals surface area contributed by atoms with E-state index in [0.29, 0.717) is 5.92 Å². The highest BCUT2D eigenvalue weighted by Crippen LogP contribution is 2.48. The van der Waals surface area contributed by atoms with Gasteiger partial charge in [0, 0.05) is 17.4 Å². The van der Waals surface area contributed by atoms with Gasteiger partial charge in [-0.15, -0.1) is 4.72 Å². The Morgan fingerprint density at radius 3 is 2.37 bits per heavy atom. The van der Waals surface area contributed by atoms with E-state index in [0.717, 1.165) is 6.42 Å². The summed E-state index contributed by atoms with van der Waals surface area (Å²) in [5.41, 5.74) is -0.118. The van der Waals surface area contributed by atoms with Crippen molar-refractivity contribution in [3.8, 4) is 0 Å². The molecule has 0 heterocycles. The van der Waals surface area contributed by atoms with Crippen molar-refractivity contribution in [3.63, 3.8) is 0 Å². The van der Waals surface area contributed by atoms with Crippen molar-refractivity contribution in [1.82, 2.24) is 10.0 Å². The molecule has 0 saturated heterocycles. The van der Waals surface area contributed by atoms with Crippen LogP contribution in [0, 0.1) is 11.3 Å². The van der Waals surface area contributed by atoms with Crippen molar-refractivity contribution in [2.75, 3.05) is 0 Å². The summed E-state index contributed by atoms with van der Waals surface area (Å²) in [5, 5.41) is 11.3. The molecule has 5 nitrogen and oxygen atoms in total. The first-order chi connectivity index (χ1) is 8.46. The Hall–Kier alpha value is -0.460. The molecule has 112 valence electrons. The van der Waals surface area contributed by atoms with Crippen molar-refractivity contribution < 1.29 is 14.5 Å². The number of carboxylic acid groups (broad SMARTS) is 1. The lowest BCUT2D eigenvalue weighted by Crippen LogP contribution is -2.63. The topological polar surface area (TPSA) is 84.4 Å². The van der Waals surface area contributed by atoms with Crippen LogP contribution >= 0.6 is 0 Å². The second-order valence-electron chi connectivity index (χ2n) is 6.95. The molecule has 6 heteroatoms. The Bertz CT molecular complexity index is 341. The summed E-state index contributed by atoms with van der Waals surface area (Å²) < 4.78 is 14.9. The van der Waals surface area contributed by atoms with Crippen LogP contribution in [-0.4, -0.2) is 32.6 Å². The van der Waals surface area contributed by atoms with Crippen LogP contribution in [0.4, 0.5) is 4.79 Å². The molecule has 0 aromatic heterocycles. The minimum absolute atomic E-state index is 0.0256. The minimum atomic E-state index is -1.10. The molecular weight excluding hydrogens is 264 g/mol. The smallest absolute Gasteiger partial charge is 0.404 e. The fraction of sp³-hybridized carbons (Fsp3) is 0.923. The Morgan fingerprint density at radius 1 is 1.47 bits per heavy atom. The molecule has 0 aromatic rings. The molecule has 4 atom stereocenters. The summed E-state index contributed by atoms with van der Waals surface area (Å²) in [6, 6.07) is 0.0734. The van der Waals surface area contributed by atoms with Crippen LogP contribution in [-0.2, 0) is 11.4 Å². The number of carbonyl (C=O) groups is 1. The predicted molar refractivity (Wildman–Crippen MR) is 77.3 cm³/mol. The van der Waals surface area contributed by atoms with Crippen LogP contribution in [0.3, 0.4) is 0 Å². The molecule has 2 unspecified atom stereocenters. The summed E-state index contributed by atoms with van der Waals surface area (Å²) in [5.74, 6) is 0.315. The van der Waals surface area contributed by atoms with Gasteiger partial charge in [-0.1, -0.05) is 13.8 Å². The van der Waals surface area contributed by atoms with Gasteiger partial charge >= 0.3 is 6.09 Å². The molecule has 19 heavy (non-hydrogen) atoms. The van der Waals surface area contributed by atoms with Gasteiger partial charge in [0.15, 0.2) is 0 Å². The van der Waals surface area contributed by atoms with Gasteiger partial charge in [-0.25, -0.2) is 4.79 Å². The van der Waals surface area contributed by atoms with E-state index in [2.05, 4.69) is 23.9 Å². The maximum absolute atomic E-state index is 12.1. The third-order valence-electron chi connectivity index (χ3n) is 4.09. The SMILES string of the molecule is CC(N[S+]([O-])C(C)(C)C)[C@H]1C[C@@H](NC(=O)O)C1(C)C. The molecule has 1 saturated carbocycles. The first-order valence-corrected chi connectivity index (χ1v) is 7.78. The van der Waals surface area contributed by atoms with Gasteiger partial charge in [-0.3, -0.25) is 0 Å².